The Balaban J connectivity index is 1.57. The first-order chi connectivity index (χ1) is 11.6. The molecule has 0 bridgehead atoms. The fourth-order valence-electron chi connectivity index (χ4n) is 3.45. The third-order valence-electron chi connectivity index (χ3n) is 4.79. The lowest BCUT2D eigenvalue weighted by Crippen LogP contribution is -2.39. The molecule has 24 heavy (non-hydrogen) atoms. The second-order valence-electron chi connectivity index (χ2n) is 6.19. The molecule has 0 radical (unpaired) electrons. The van der Waals surface area contributed by atoms with Gasteiger partial charge in [0.05, 0.1) is 12.5 Å². The molecule has 2 aromatic rings. The average Bonchev–Trinajstić information content (AvgIpc) is 3.03. The van der Waals surface area contributed by atoms with Crippen LogP contribution in [0.5, 0.6) is 11.5 Å². The first-order valence-corrected chi connectivity index (χ1v) is 8.09. The van der Waals surface area contributed by atoms with Gasteiger partial charge < -0.3 is 14.4 Å². The number of carbonyl (C=O) groups is 1. The van der Waals surface area contributed by atoms with Crippen molar-refractivity contribution in [1.82, 2.24) is 4.90 Å². The van der Waals surface area contributed by atoms with Crippen LogP contribution in [0.1, 0.15) is 29.7 Å². The Kier molecular flexibility index (Phi) is 3.63. The summed E-state index contributed by atoms with van der Waals surface area (Å²) < 4.78 is 24.7. The van der Waals surface area contributed by atoms with Gasteiger partial charge in [-0.25, -0.2) is 4.39 Å². The van der Waals surface area contributed by atoms with Gasteiger partial charge in [0.25, 0.3) is 0 Å². The van der Waals surface area contributed by atoms with Gasteiger partial charge in [-0.15, -0.1) is 0 Å². The fourth-order valence-corrected chi connectivity index (χ4v) is 3.45. The summed E-state index contributed by atoms with van der Waals surface area (Å²) in [6, 6.07) is 10.3. The van der Waals surface area contributed by atoms with Gasteiger partial charge >= 0.3 is 0 Å². The number of ether oxygens (including phenoxy) is 2. The van der Waals surface area contributed by atoms with E-state index in [0.29, 0.717) is 12.1 Å². The Morgan fingerprint density at radius 2 is 2.00 bits per heavy atom. The predicted octanol–water partition coefficient (Wildman–Crippen LogP) is 3.24. The molecule has 0 spiro atoms. The quantitative estimate of drug-likeness (QED) is 0.850. The molecule has 1 atom stereocenters. The Morgan fingerprint density at radius 1 is 1.25 bits per heavy atom. The minimum absolute atomic E-state index is 0.0593. The van der Waals surface area contributed by atoms with Gasteiger partial charge in [0.1, 0.15) is 5.82 Å². The lowest BCUT2D eigenvalue weighted by atomic mass is 9.92. The Morgan fingerprint density at radius 3 is 2.79 bits per heavy atom. The number of benzene rings is 2. The van der Waals surface area contributed by atoms with E-state index in [0.717, 1.165) is 23.5 Å². The van der Waals surface area contributed by atoms with Crippen molar-refractivity contribution in [2.45, 2.75) is 25.8 Å². The van der Waals surface area contributed by atoms with Crippen LogP contribution in [0.3, 0.4) is 0 Å². The SMILES string of the molecule is CC1c2cc3c(cc2CCN1C(=O)Cc1ccccc1F)OCO3. The van der Waals surface area contributed by atoms with Gasteiger partial charge in [-0.05, 0) is 48.2 Å². The molecule has 5 heteroatoms. The second-order valence-corrected chi connectivity index (χ2v) is 6.19. The zero-order valence-corrected chi connectivity index (χ0v) is 13.4. The van der Waals surface area contributed by atoms with Crippen LogP contribution in [0, 0.1) is 5.82 Å². The summed E-state index contributed by atoms with van der Waals surface area (Å²) in [6.07, 6.45) is 0.843. The van der Waals surface area contributed by atoms with Crippen LogP contribution in [0.4, 0.5) is 4.39 Å². The molecule has 2 heterocycles. The minimum atomic E-state index is -0.334. The van der Waals surface area contributed by atoms with E-state index >= 15 is 0 Å². The smallest absolute Gasteiger partial charge is 0.231 e. The topological polar surface area (TPSA) is 38.8 Å². The highest BCUT2D eigenvalue weighted by Gasteiger charge is 2.30. The molecule has 2 aliphatic rings. The summed E-state index contributed by atoms with van der Waals surface area (Å²) >= 11 is 0. The highest BCUT2D eigenvalue weighted by molar-refractivity contribution is 5.79. The molecule has 1 unspecified atom stereocenters. The Bertz CT molecular complexity index is 805. The zero-order valence-electron chi connectivity index (χ0n) is 13.4. The van der Waals surface area contributed by atoms with Crippen LogP contribution < -0.4 is 9.47 Å². The summed E-state index contributed by atoms with van der Waals surface area (Å²) in [6.45, 7) is 2.86. The Labute approximate surface area is 139 Å². The Hall–Kier alpha value is -2.56. The molecule has 0 saturated heterocycles. The summed E-state index contributed by atoms with van der Waals surface area (Å²) in [7, 11) is 0. The third-order valence-corrected chi connectivity index (χ3v) is 4.79. The van der Waals surface area contributed by atoms with Gasteiger partial charge in [-0.2, -0.15) is 0 Å². The van der Waals surface area contributed by atoms with Crippen LogP contribution >= 0.6 is 0 Å². The maximum atomic E-state index is 13.8. The third kappa shape index (κ3) is 2.50. The molecule has 4 rings (SSSR count). The number of nitrogens with zero attached hydrogens (tertiary/aromatic N) is 1. The molecule has 2 aliphatic heterocycles. The van der Waals surface area contributed by atoms with Gasteiger partial charge in [-0.3, -0.25) is 4.79 Å². The number of halogens is 1. The molecule has 0 N–H and O–H groups in total. The van der Waals surface area contributed by atoms with E-state index in [4.69, 9.17) is 9.47 Å². The van der Waals surface area contributed by atoms with E-state index in [1.165, 1.54) is 11.6 Å². The number of carbonyl (C=O) groups excluding carboxylic acids is 1. The largest absolute Gasteiger partial charge is 0.454 e. The second kappa shape index (κ2) is 5.82. The molecular formula is C19H18FNO3. The van der Waals surface area contributed by atoms with Crippen molar-refractivity contribution in [3.05, 3.63) is 58.9 Å². The van der Waals surface area contributed by atoms with Crippen LogP contribution in [0.15, 0.2) is 36.4 Å². The predicted molar refractivity (Wildman–Crippen MR) is 86.5 cm³/mol. The van der Waals surface area contributed by atoms with Gasteiger partial charge in [0, 0.05) is 6.54 Å². The molecule has 0 aromatic heterocycles. The highest BCUT2D eigenvalue weighted by atomic mass is 19.1. The van der Waals surface area contributed by atoms with E-state index < -0.39 is 0 Å². The maximum absolute atomic E-state index is 13.8. The monoisotopic (exact) mass is 327 g/mol. The number of hydrogen-bond donors (Lipinski definition) is 0. The van der Waals surface area contributed by atoms with Crippen molar-refractivity contribution in [3.8, 4) is 11.5 Å². The zero-order chi connectivity index (χ0) is 16.7. The molecule has 1 amide bonds. The highest BCUT2D eigenvalue weighted by Crippen LogP contribution is 2.40. The van der Waals surface area contributed by atoms with E-state index in [2.05, 4.69) is 0 Å². The maximum Gasteiger partial charge on any atom is 0.231 e. The molecular weight excluding hydrogens is 309 g/mol. The fraction of sp³-hybridized carbons (Fsp3) is 0.316. The first-order valence-electron chi connectivity index (χ1n) is 8.09. The van der Waals surface area contributed by atoms with Crippen LogP contribution in [-0.2, 0) is 17.6 Å². The van der Waals surface area contributed by atoms with Crippen LogP contribution in [0.2, 0.25) is 0 Å². The summed E-state index contributed by atoms with van der Waals surface area (Å²) in [4.78, 5) is 14.5. The van der Waals surface area contributed by atoms with Crippen LogP contribution in [0.25, 0.3) is 0 Å². The lowest BCUT2D eigenvalue weighted by Gasteiger charge is -2.35. The van der Waals surface area contributed by atoms with Crippen molar-refractivity contribution >= 4 is 5.91 Å². The van der Waals surface area contributed by atoms with Crippen LogP contribution in [-0.4, -0.2) is 24.1 Å². The van der Waals surface area contributed by atoms with E-state index in [-0.39, 0.29) is 31.0 Å². The summed E-state index contributed by atoms with van der Waals surface area (Å²) in [5, 5.41) is 0. The number of amides is 1. The molecule has 0 saturated carbocycles. The standard InChI is InChI=1S/C19H18FNO3/c1-12-15-10-18-17(23-11-24-18)8-13(15)6-7-21(12)19(22)9-14-4-2-3-5-16(14)20/h2-5,8,10,12H,6-7,9,11H2,1H3. The van der Waals surface area contributed by atoms with Crippen molar-refractivity contribution < 1.29 is 18.7 Å². The van der Waals surface area contributed by atoms with Gasteiger partial charge in [0.2, 0.25) is 12.7 Å². The normalized spacial score (nSPS) is 18.4. The van der Waals surface area contributed by atoms with E-state index in [1.54, 1.807) is 18.2 Å². The summed E-state index contributed by atoms with van der Waals surface area (Å²) in [5.74, 6) is 1.10. The van der Waals surface area contributed by atoms with E-state index in [1.807, 2.05) is 24.0 Å². The number of rotatable bonds is 2. The molecule has 4 nitrogen and oxygen atoms in total. The average molecular weight is 327 g/mol. The molecule has 0 aliphatic carbocycles. The van der Waals surface area contributed by atoms with Crippen molar-refractivity contribution in [2.75, 3.05) is 13.3 Å². The van der Waals surface area contributed by atoms with Gasteiger partial charge in [0.15, 0.2) is 11.5 Å². The van der Waals surface area contributed by atoms with Gasteiger partial charge in [-0.1, -0.05) is 18.2 Å². The number of hydrogen-bond acceptors (Lipinski definition) is 3. The van der Waals surface area contributed by atoms with E-state index in [9.17, 15) is 9.18 Å². The molecule has 0 fully saturated rings. The lowest BCUT2D eigenvalue weighted by molar-refractivity contribution is -0.133. The number of fused-ring (bicyclic) bond motifs is 2. The first kappa shape index (κ1) is 15.0. The molecule has 2 aromatic carbocycles. The summed E-state index contributed by atoms with van der Waals surface area (Å²) in [5.41, 5.74) is 2.69. The minimum Gasteiger partial charge on any atom is -0.454 e. The molecule has 124 valence electrons. The van der Waals surface area contributed by atoms with Crippen molar-refractivity contribution in [2.24, 2.45) is 0 Å². The van der Waals surface area contributed by atoms with Crippen molar-refractivity contribution in [3.63, 3.8) is 0 Å². The van der Waals surface area contributed by atoms with Crippen molar-refractivity contribution in [1.29, 1.82) is 0 Å².